The van der Waals surface area contributed by atoms with E-state index in [-0.39, 0.29) is 0 Å². The number of nitriles is 1. The average molecular weight is 267 g/mol. The van der Waals surface area contributed by atoms with Gasteiger partial charge in [0.25, 0.3) is 0 Å². The molecule has 0 fully saturated rings. The number of unbranched alkanes of at least 4 members (excludes halogenated alkanes) is 1. The molecular weight excluding hydrogens is 246 g/mol. The summed E-state index contributed by atoms with van der Waals surface area (Å²) in [6, 6.07) is 14.2. The van der Waals surface area contributed by atoms with Crippen LogP contribution in [-0.4, -0.2) is 23.1 Å². The van der Waals surface area contributed by atoms with Gasteiger partial charge < -0.3 is 9.47 Å². The molecule has 0 saturated carbocycles. The van der Waals surface area contributed by atoms with Crippen LogP contribution in [0.25, 0.3) is 5.69 Å². The van der Waals surface area contributed by atoms with Gasteiger partial charge in [-0.2, -0.15) is 5.26 Å². The van der Waals surface area contributed by atoms with Crippen molar-refractivity contribution in [2.75, 3.05) is 13.6 Å². The number of nitrogens with zero attached hydrogens (tertiary/aromatic N) is 3. The molecule has 0 radical (unpaired) electrons. The van der Waals surface area contributed by atoms with Crippen molar-refractivity contribution >= 4 is 0 Å². The minimum absolute atomic E-state index is 0.709. The Morgan fingerprint density at radius 1 is 1.20 bits per heavy atom. The van der Waals surface area contributed by atoms with Gasteiger partial charge in [-0.3, -0.25) is 0 Å². The van der Waals surface area contributed by atoms with Crippen LogP contribution >= 0.6 is 0 Å². The molecule has 2 aromatic rings. The van der Waals surface area contributed by atoms with Crippen molar-refractivity contribution in [1.82, 2.24) is 9.47 Å². The van der Waals surface area contributed by atoms with E-state index in [1.165, 1.54) is 18.5 Å². The molecule has 0 unspecified atom stereocenters. The fraction of sp³-hybridized carbons (Fsp3) is 0.353. The maximum Gasteiger partial charge on any atom is 0.101 e. The molecule has 0 amide bonds. The molecule has 0 N–H and O–H groups in total. The van der Waals surface area contributed by atoms with Crippen LogP contribution in [0.4, 0.5) is 0 Å². The Balaban J connectivity index is 2.23. The molecule has 0 aliphatic rings. The minimum Gasteiger partial charge on any atom is -0.318 e. The van der Waals surface area contributed by atoms with Gasteiger partial charge in [0.15, 0.2) is 0 Å². The molecule has 1 aromatic heterocycles. The Bertz CT molecular complexity index is 592. The number of hydrogen-bond acceptors (Lipinski definition) is 2. The van der Waals surface area contributed by atoms with E-state index in [9.17, 15) is 5.26 Å². The first-order valence-electron chi connectivity index (χ1n) is 7.10. The van der Waals surface area contributed by atoms with Crippen LogP contribution in [0.2, 0.25) is 0 Å². The third-order valence-electron chi connectivity index (χ3n) is 3.44. The highest BCUT2D eigenvalue weighted by molar-refractivity contribution is 5.49. The summed E-state index contributed by atoms with van der Waals surface area (Å²) in [6.45, 7) is 4.20. The van der Waals surface area contributed by atoms with E-state index < -0.39 is 0 Å². The van der Waals surface area contributed by atoms with Crippen LogP contribution in [0.15, 0.2) is 42.6 Å². The normalized spacial score (nSPS) is 10.7. The van der Waals surface area contributed by atoms with Gasteiger partial charge in [0.05, 0.1) is 11.3 Å². The zero-order valence-corrected chi connectivity index (χ0v) is 12.2. The summed E-state index contributed by atoms with van der Waals surface area (Å²) < 4.78 is 2.11. The molecule has 0 atom stereocenters. The lowest BCUT2D eigenvalue weighted by Gasteiger charge is -2.18. The van der Waals surface area contributed by atoms with Gasteiger partial charge in [0.2, 0.25) is 0 Å². The van der Waals surface area contributed by atoms with Gasteiger partial charge in [-0.1, -0.05) is 25.5 Å². The van der Waals surface area contributed by atoms with Gasteiger partial charge in [0.1, 0.15) is 6.07 Å². The number of benzene rings is 1. The summed E-state index contributed by atoms with van der Waals surface area (Å²) in [5.74, 6) is 0. The molecule has 0 saturated heterocycles. The lowest BCUT2D eigenvalue weighted by molar-refractivity contribution is 0.315. The second-order valence-corrected chi connectivity index (χ2v) is 5.09. The first kappa shape index (κ1) is 14.4. The molecule has 0 bridgehead atoms. The predicted molar refractivity (Wildman–Crippen MR) is 81.7 cm³/mol. The largest absolute Gasteiger partial charge is 0.318 e. The zero-order chi connectivity index (χ0) is 14.4. The number of hydrogen-bond donors (Lipinski definition) is 0. The molecule has 20 heavy (non-hydrogen) atoms. The summed E-state index contributed by atoms with van der Waals surface area (Å²) in [6.07, 6.45) is 4.45. The van der Waals surface area contributed by atoms with Crippen LogP contribution in [0, 0.1) is 11.3 Å². The zero-order valence-electron chi connectivity index (χ0n) is 12.2. The molecular formula is C17H21N3. The topological polar surface area (TPSA) is 32.0 Å². The fourth-order valence-corrected chi connectivity index (χ4v) is 2.34. The highest BCUT2D eigenvalue weighted by Gasteiger charge is 2.09. The molecule has 104 valence electrons. The predicted octanol–water partition coefficient (Wildman–Crippen LogP) is 3.58. The van der Waals surface area contributed by atoms with Crippen molar-refractivity contribution in [1.29, 1.82) is 5.26 Å². The third kappa shape index (κ3) is 3.28. The second kappa shape index (κ2) is 6.93. The monoisotopic (exact) mass is 267 g/mol. The van der Waals surface area contributed by atoms with Crippen LogP contribution in [-0.2, 0) is 6.54 Å². The fourth-order valence-electron chi connectivity index (χ4n) is 2.34. The SMILES string of the molecule is CCCCN(C)Cc1cccn1-c1ccccc1C#N. The Hall–Kier alpha value is -2.05. The first-order chi connectivity index (χ1) is 9.76. The first-order valence-corrected chi connectivity index (χ1v) is 7.10. The molecule has 3 heteroatoms. The molecule has 2 rings (SSSR count). The highest BCUT2D eigenvalue weighted by Crippen LogP contribution is 2.18. The van der Waals surface area contributed by atoms with E-state index in [2.05, 4.69) is 35.6 Å². The van der Waals surface area contributed by atoms with Crippen LogP contribution < -0.4 is 0 Å². The number of aromatic nitrogens is 1. The molecule has 1 heterocycles. The molecule has 0 aliphatic carbocycles. The lowest BCUT2D eigenvalue weighted by atomic mass is 10.2. The van der Waals surface area contributed by atoms with E-state index in [1.54, 1.807) is 0 Å². The summed E-state index contributed by atoms with van der Waals surface area (Å²) in [4.78, 5) is 2.32. The van der Waals surface area contributed by atoms with Crippen molar-refractivity contribution in [3.8, 4) is 11.8 Å². The van der Waals surface area contributed by atoms with Crippen LogP contribution in [0.5, 0.6) is 0 Å². The van der Waals surface area contributed by atoms with E-state index in [0.29, 0.717) is 5.56 Å². The second-order valence-electron chi connectivity index (χ2n) is 5.09. The van der Waals surface area contributed by atoms with E-state index in [1.807, 2.05) is 36.5 Å². The quantitative estimate of drug-likeness (QED) is 0.801. The van der Waals surface area contributed by atoms with E-state index in [4.69, 9.17) is 0 Å². The van der Waals surface area contributed by atoms with Gasteiger partial charge in [-0.05, 0) is 44.3 Å². The number of para-hydroxylation sites is 1. The van der Waals surface area contributed by atoms with Crippen molar-refractivity contribution < 1.29 is 0 Å². The Kier molecular flexibility index (Phi) is 4.97. The lowest BCUT2D eigenvalue weighted by Crippen LogP contribution is -2.20. The third-order valence-corrected chi connectivity index (χ3v) is 3.44. The Morgan fingerprint density at radius 2 is 2.00 bits per heavy atom. The van der Waals surface area contributed by atoms with Gasteiger partial charge in [-0.25, -0.2) is 0 Å². The van der Waals surface area contributed by atoms with E-state index >= 15 is 0 Å². The molecule has 0 aliphatic heterocycles. The average Bonchev–Trinajstić information content (AvgIpc) is 2.93. The summed E-state index contributed by atoms with van der Waals surface area (Å²) >= 11 is 0. The van der Waals surface area contributed by atoms with Gasteiger partial charge in [0, 0.05) is 18.4 Å². The van der Waals surface area contributed by atoms with Crippen molar-refractivity contribution in [2.45, 2.75) is 26.3 Å². The minimum atomic E-state index is 0.709. The Labute approximate surface area is 121 Å². The summed E-state index contributed by atoms with van der Waals surface area (Å²) in [5, 5.41) is 9.23. The summed E-state index contributed by atoms with van der Waals surface area (Å²) in [5.41, 5.74) is 2.88. The van der Waals surface area contributed by atoms with Crippen LogP contribution in [0.3, 0.4) is 0 Å². The van der Waals surface area contributed by atoms with Crippen LogP contribution in [0.1, 0.15) is 31.0 Å². The number of rotatable bonds is 6. The van der Waals surface area contributed by atoms with E-state index in [0.717, 1.165) is 18.8 Å². The summed E-state index contributed by atoms with van der Waals surface area (Å²) in [7, 11) is 2.14. The van der Waals surface area contributed by atoms with Gasteiger partial charge >= 0.3 is 0 Å². The smallest absolute Gasteiger partial charge is 0.101 e. The van der Waals surface area contributed by atoms with Crippen molar-refractivity contribution in [3.05, 3.63) is 53.9 Å². The maximum absolute atomic E-state index is 9.23. The molecule has 1 aromatic carbocycles. The van der Waals surface area contributed by atoms with Crippen molar-refractivity contribution in [2.24, 2.45) is 0 Å². The maximum atomic E-state index is 9.23. The van der Waals surface area contributed by atoms with Crippen molar-refractivity contribution in [3.63, 3.8) is 0 Å². The standard InChI is InChI=1S/C17H21N3/c1-3-4-11-19(2)14-16-9-7-12-20(16)17-10-6-5-8-15(17)13-18/h5-10,12H,3-4,11,14H2,1-2H3. The highest BCUT2D eigenvalue weighted by atomic mass is 15.1. The van der Waals surface area contributed by atoms with Gasteiger partial charge in [-0.15, -0.1) is 0 Å². The molecule has 3 nitrogen and oxygen atoms in total. The Morgan fingerprint density at radius 3 is 2.75 bits per heavy atom. The molecule has 0 spiro atoms.